The molecule has 9 nitrogen and oxygen atoms in total. The fraction of sp³-hybridized carbons (Fsp3) is 0.765. The lowest BCUT2D eigenvalue weighted by Crippen LogP contribution is -2.37. The smallest absolute Gasteiger partial charge is 0.306 e. The Morgan fingerprint density at radius 2 is 0.731 bits per heavy atom. The van der Waals surface area contributed by atoms with E-state index in [0.29, 0.717) is 17.4 Å². The molecular formula is C68H122NO8P. The minimum Gasteiger partial charge on any atom is -0.756 e. The van der Waals surface area contributed by atoms with Gasteiger partial charge in [-0.05, 0) is 70.6 Å². The molecule has 0 spiro atoms. The fourth-order valence-corrected chi connectivity index (χ4v) is 9.72. The molecule has 10 heteroatoms. The van der Waals surface area contributed by atoms with Gasteiger partial charge in [-0.15, -0.1) is 0 Å². The van der Waals surface area contributed by atoms with Crippen LogP contribution in [0.25, 0.3) is 0 Å². The Labute approximate surface area is 481 Å². The third kappa shape index (κ3) is 62.4. The standard InChI is InChI=1S/C68H122NO8P/c1-6-8-10-12-14-16-18-20-21-22-23-24-25-26-27-28-29-30-31-32-33-34-35-36-37-38-39-40-41-42-43-44-45-46-47-49-51-53-55-57-59-61-68(71)77-66(65-76-78(72,73)75-63-62-69(3,4)5)64-74-67(70)60-58-56-54-52-50-48-19-17-15-13-11-9-7-2/h8,10,14,16,20-21,23-24,26-27,29-30,32-33,66H,6-7,9,11-13,15,17-19,22,25,28,31,34-65H2,1-5H3/b10-8-,16-14-,21-20-,24-23-,27-26-,30-29-,33-32-. The highest BCUT2D eigenvalue weighted by Crippen LogP contribution is 2.38. The molecule has 0 radical (unpaired) electrons. The van der Waals surface area contributed by atoms with Crippen molar-refractivity contribution >= 4 is 19.8 Å². The van der Waals surface area contributed by atoms with Crippen LogP contribution in [0, 0.1) is 0 Å². The van der Waals surface area contributed by atoms with Gasteiger partial charge in [-0.1, -0.05) is 285 Å². The maximum absolute atomic E-state index is 12.8. The van der Waals surface area contributed by atoms with Crippen LogP contribution in [0.2, 0.25) is 0 Å². The van der Waals surface area contributed by atoms with Crippen molar-refractivity contribution in [2.24, 2.45) is 0 Å². The maximum Gasteiger partial charge on any atom is 0.306 e. The lowest BCUT2D eigenvalue weighted by atomic mass is 10.0. The van der Waals surface area contributed by atoms with Gasteiger partial charge in [-0.2, -0.15) is 0 Å². The lowest BCUT2D eigenvalue weighted by molar-refractivity contribution is -0.870. The molecule has 0 aliphatic rings. The van der Waals surface area contributed by atoms with Crippen molar-refractivity contribution in [1.29, 1.82) is 0 Å². The molecule has 0 rings (SSSR count). The third-order valence-corrected chi connectivity index (χ3v) is 14.9. The minimum absolute atomic E-state index is 0.0300. The Hall–Kier alpha value is -2.81. The molecule has 0 saturated heterocycles. The van der Waals surface area contributed by atoms with Gasteiger partial charge in [0.15, 0.2) is 6.10 Å². The Kier molecular flexibility index (Phi) is 56.7. The first-order valence-corrected chi connectivity index (χ1v) is 33.8. The number of rotatable bonds is 59. The van der Waals surface area contributed by atoms with Crippen LogP contribution >= 0.6 is 7.82 Å². The first kappa shape index (κ1) is 75.2. The largest absolute Gasteiger partial charge is 0.756 e. The van der Waals surface area contributed by atoms with E-state index >= 15 is 0 Å². The number of likely N-dealkylation sites (N-methyl/N-ethyl adjacent to an activating group) is 1. The summed E-state index contributed by atoms with van der Waals surface area (Å²) in [6.45, 7) is 4.15. The molecule has 0 bridgehead atoms. The number of hydrogen-bond donors (Lipinski definition) is 0. The molecule has 452 valence electrons. The predicted molar refractivity (Wildman–Crippen MR) is 332 cm³/mol. The highest BCUT2D eigenvalue weighted by molar-refractivity contribution is 7.45. The number of phosphoric ester groups is 1. The molecule has 78 heavy (non-hydrogen) atoms. The number of phosphoric acid groups is 1. The zero-order chi connectivity index (χ0) is 57.0. The second kappa shape index (κ2) is 58.8. The van der Waals surface area contributed by atoms with Gasteiger partial charge in [0.1, 0.15) is 19.8 Å². The average molecular weight is 1110 g/mol. The van der Waals surface area contributed by atoms with E-state index < -0.39 is 26.5 Å². The Bertz CT molecular complexity index is 1590. The Balaban J connectivity index is 3.92. The SMILES string of the molecule is CC/C=C\C/C=C\C/C=C\C/C=C\C/C=C\C/C=C\C/C=C\CCCCCCCCCCCCCCCCCCCCCC(=O)OC(COC(=O)CCCCCCCCCCCCCCC)COP(=O)([O-])OCC[N+](C)(C)C. The lowest BCUT2D eigenvalue weighted by Gasteiger charge is -2.28. The number of nitrogens with zero attached hydrogens (tertiary/aromatic N) is 1. The summed E-state index contributed by atoms with van der Waals surface area (Å²) in [7, 11) is 1.17. The molecule has 0 aliphatic carbocycles. The Morgan fingerprint density at radius 1 is 0.410 bits per heavy atom. The zero-order valence-corrected chi connectivity index (χ0v) is 52.2. The van der Waals surface area contributed by atoms with E-state index in [0.717, 1.165) is 83.5 Å². The van der Waals surface area contributed by atoms with Crippen LogP contribution in [0.4, 0.5) is 0 Å². The summed E-state index contributed by atoms with van der Waals surface area (Å²) in [5.74, 6) is -0.823. The molecule has 0 fully saturated rings. The topological polar surface area (TPSA) is 111 Å². The predicted octanol–water partition coefficient (Wildman–Crippen LogP) is 20.0. The number of ether oxygens (including phenoxy) is 2. The summed E-state index contributed by atoms with van der Waals surface area (Å²) in [6.07, 6.45) is 79.5. The van der Waals surface area contributed by atoms with E-state index in [4.69, 9.17) is 18.5 Å². The number of carbonyl (C=O) groups is 2. The summed E-state index contributed by atoms with van der Waals surface area (Å²) in [4.78, 5) is 37.8. The van der Waals surface area contributed by atoms with Gasteiger partial charge < -0.3 is 27.9 Å². The molecule has 2 unspecified atom stereocenters. The number of quaternary nitrogens is 1. The molecule has 0 aromatic rings. The van der Waals surface area contributed by atoms with Gasteiger partial charge in [0, 0.05) is 12.8 Å². The highest BCUT2D eigenvalue weighted by Gasteiger charge is 2.22. The zero-order valence-electron chi connectivity index (χ0n) is 51.3. The summed E-state index contributed by atoms with van der Waals surface area (Å²) in [5, 5.41) is 0. The maximum atomic E-state index is 12.8. The van der Waals surface area contributed by atoms with Crippen molar-refractivity contribution in [2.75, 3.05) is 47.5 Å². The molecule has 0 aliphatic heterocycles. The fourth-order valence-electron chi connectivity index (χ4n) is 8.99. The van der Waals surface area contributed by atoms with Gasteiger partial charge in [-0.25, -0.2) is 0 Å². The van der Waals surface area contributed by atoms with E-state index in [1.807, 2.05) is 21.1 Å². The van der Waals surface area contributed by atoms with Crippen molar-refractivity contribution in [3.05, 3.63) is 85.1 Å². The first-order chi connectivity index (χ1) is 38.0. The summed E-state index contributed by atoms with van der Waals surface area (Å²) in [6, 6.07) is 0. The van der Waals surface area contributed by atoms with Gasteiger partial charge in [0.2, 0.25) is 0 Å². The number of carbonyl (C=O) groups excluding carboxylic acids is 2. The van der Waals surface area contributed by atoms with Crippen molar-refractivity contribution in [1.82, 2.24) is 0 Å². The van der Waals surface area contributed by atoms with Gasteiger partial charge in [-0.3, -0.25) is 14.2 Å². The van der Waals surface area contributed by atoms with Crippen LogP contribution in [0.3, 0.4) is 0 Å². The number of esters is 2. The third-order valence-electron chi connectivity index (χ3n) is 13.9. The van der Waals surface area contributed by atoms with Crippen LogP contribution in [0.5, 0.6) is 0 Å². The van der Waals surface area contributed by atoms with Crippen LogP contribution < -0.4 is 4.89 Å². The molecule has 0 aromatic heterocycles. The van der Waals surface area contributed by atoms with Crippen molar-refractivity contribution in [3.8, 4) is 0 Å². The van der Waals surface area contributed by atoms with E-state index in [-0.39, 0.29) is 32.0 Å². The minimum atomic E-state index is -4.63. The molecule has 0 amide bonds. The second-order valence-corrected chi connectivity index (χ2v) is 24.2. The first-order valence-electron chi connectivity index (χ1n) is 32.3. The van der Waals surface area contributed by atoms with Crippen molar-refractivity contribution in [3.63, 3.8) is 0 Å². The van der Waals surface area contributed by atoms with E-state index in [1.54, 1.807) is 0 Å². The van der Waals surface area contributed by atoms with Crippen LogP contribution in [0.1, 0.15) is 284 Å². The summed E-state index contributed by atoms with van der Waals surface area (Å²) < 4.78 is 34.2. The van der Waals surface area contributed by atoms with Gasteiger partial charge >= 0.3 is 11.9 Å². The summed E-state index contributed by atoms with van der Waals surface area (Å²) >= 11 is 0. The second-order valence-electron chi connectivity index (χ2n) is 22.8. The number of unbranched alkanes of at least 4 members (excludes halogenated alkanes) is 31. The Morgan fingerprint density at radius 3 is 1.09 bits per heavy atom. The van der Waals surface area contributed by atoms with Gasteiger partial charge in [0.05, 0.1) is 27.7 Å². The molecule has 0 aromatic carbocycles. The molecule has 2 atom stereocenters. The highest BCUT2D eigenvalue weighted by atomic mass is 31.2. The molecule has 0 saturated carbocycles. The average Bonchev–Trinajstić information content (AvgIpc) is 3.40. The molecular weight excluding hydrogens is 990 g/mol. The normalized spacial score (nSPS) is 13.8. The monoisotopic (exact) mass is 1110 g/mol. The van der Waals surface area contributed by atoms with Crippen molar-refractivity contribution < 1.29 is 42.1 Å². The van der Waals surface area contributed by atoms with Crippen molar-refractivity contribution in [2.45, 2.75) is 290 Å². The molecule has 0 N–H and O–H groups in total. The van der Waals surface area contributed by atoms with E-state index in [2.05, 4.69) is 98.9 Å². The molecule has 0 heterocycles. The number of hydrogen-bond acceptors (Lipinski definition) is 8. The quantitative estimate of drug-likeness (QED) is 0.0195. The summed E-state index contributed by atoms with van der Waals surface area (Å²) in [5.41, 5.74) is 0. The van der Waals surface area contributed by atoms with Crippen LogP contribution in [0.15, 0.2) is 85.1 Å². The van der Waals surface area contributed by atoms with Gasteiger partial charge in [0.25, 0.3) is 7.82 Å². The van der Waals surface area contributed by atoms with Crippen LogP contribution in [-0.4, -0.2) is 70.0 Å². The van der Waals surface area contributed by atoms with Crippen LogP contribution in [-0.2, 0) is 32.7 Å². The number of allylic oxidation sites excluding steroid dienone is 14. The van der Waals surface area contributed by atoms with E-state index in [1.165, 1.54) is 167 Å². The van der Waals surface area contributed by atoms with E-state index in [9.17, 15) is 19.0 Å².